The second kappa shape index (κ2) is 7.23. The van der Waals surface area contributed by atoms with Crippen molar-refractivity contribution < 1.29 is 14.2 Å². The van der Waals surface area contributed by atoms with Crippen LogP contribution in [0.1, 0.15) is 5.69 Å². The van der Waals surface area contributed by atoms with Crippen LogP contribution in [-0.2, 0) is 0 Å². The van der Waals surface area contributed by atoms with Crippen LogP contribution >= 0.6 is 0 Å². The summed E-state index contributed by atoms with van der Waals surface area (Å²) in [5.41, 5.74) is 4.93. The Hall–Kier alpha value is -3.54. The first-order valence-electron chi connectivity index (χ1n) is 8.86. The Kier molecular flexibility index (Phi) is 4.61. The Morgan fingerprint density at radius 2 is 1.50 bits per heavy atom. The van der Waals surface area contributed by atoms with Gasteiger partial charge < -0.3 is 14.2 Å². The third-order valence-corrected chi connectivity index (χ3v) is 4.71. The SMILES string of the molecule is COc1cc(-n2ncc3ccc(-c4ccc(C)nc4)cc32)cc(OC)c1OC. The molecule has 2 aromatic heterocycles. The molecule has 4 aromatic rings. The molecule has 0 aliphatic carbocycles. The molecule has 142 valence electrons. The molecule has 0 radical (unpaired) electrons. The fourth-order valence-corrected chi connectivity index (χ4v) is 3.23. The lowest BCUT2D eigenvalue weighted by atomic mass is 10.1. The standard InChI is InChI=1S/C22H21N3O3/c1-14-5-6-16(12-23-14)15-7-8-17-13-24-25(19(17)9-15)18-10-20(26-2)22(28-4)21(11-18)27-3/h5-13H,1-4H3. The van der Waals surface area contributed by atoms with Crippen LogP contribution in [0.25, 0.3) is 27.7 Å². The van der Waals surface area contributed by atoms with Crippen LogP contribution in [0.3, 0.4) is 0 Å². The lowest BCUT2D eigenvalue weighted by molar-refractivity contribution is 0.324. The summed E-state index contributed by atoms with van der Waals surface area (Å²) in [4.78, 5) is 4.40. The number of benzene rings is 2. The molecule has 4 rings (SSSR count). The fourth-order valence-electron chi connectivity index (χ4n) is 3.23. The van der Waals surface area contributed by atoms with Gasteiger partial charge in [0.2, 0.25) is 5.75 Å². The minimum atomic E-state index is 0.552. The maximum Gasteiger partial charge on any atom is 0.203 e. The van der Waals surface area contributed by atoms with E-state index in [1.165, 1.54) is 0 Å². The highest BCUT2D eigenvalue weighted by atomic mass is 16.5. The normalized spacial score (nSPS) is 10.9. The van der Waals surface area contributed by atoms with Gasteiger partial charge in [-0.2, -0.15) is 5.10 Å². The molecule has 0 N–H and O–H groups in total. The lowest BCUT2D eigenvalue weighted by Crippen LogP contribution is -2.01. The van der Waals surface area contributed by atoms with Crippen molar-refractivity contribution >= 4 is 10.9 Å². The number of pyridine rings is 1. The van der Waals surface area contributed by atoms with Gasteiger partial charge in [-0.3, -0.25) is 4.98 Å². The molecule has 6 nitrogen and oxygen atoms in total. The van der Waals surface area contributed by atoms with Crippen LogP contribution in [0.5, 0.6) is 17.2 Å². The summed E-state index contributed by atoms with van der Waals surface area (Å²) in [5.74, 6) is 1.72. The molecule has 0 fully saturated rings. The summed E-state index contributed by atoms with van der Waals surface area (Å²) >= 11 is 0. The van der Waals surface area contributed by atoms with E-state index in [-0.39, 0.29) is 0 Å². The molecule has 0 spiro atoms. The highest BCUT2D eigenvalue weighted by molar-refractivity contribution is 5.85. The predicted octanol–water partition coefficient (Wildman–Crippen LogP) is 4.42. The van der Waals surface area contributed by atoms with Crippen LogP contribution < -0.4 is 14.2 Å². The first-order valence-corrected chi connectivity index (χ1v) is 8.86. The molecule has 0 aliphatic heterocycles. The van der Waals surface area contributed by atoms with Gasteiger partial charge in [0.15, 0.2) is 11.5 Å². The van der Waals surface area contributed by atoms with Gasteiger partial charge in [-0.1, -0.05) is 18.2 Å². The van der Waals surface area contributed by atoms with Crippen molar-refractivity contribution in [1.29, 1.82) is 0 Å². The van der Waals surface area contributed by atoms with Gasteiger partial charge in [-0.25, -0.2) is 4.68 Å². The van der Waals surface area contributed by atoms with E-state index in [0.29, 0.717) is 17.2 Å². The molecule has 0 saturated carbocycles. The van der Waals surface area contributed by atoms with Gasteiger partial charge in [-0.05, 0) is 24.6 Å². The smallest absolute Gasteiger partial charge is 0.203 e. The highest BCUT2D eigenvalue weighted by Crippen LogP contribution is 2.39. The maximum absolute atomic E-state index is 5.48. The number of ether oxygens (including phenoxy) is 3. The second-order valence-corrected chi connectivity index (χ2v) is 6.40. The summed E-state index contributed by atoms with van der Waals surface area (Å²) in [7, 11) is 4.79. The molecule has 2 aromatic carbocycles. The van der Waals surface area contributed by atoms with E-state index in [0.717, 1.165) is 33.4 Å². The van der Waals surface area contributed by atoms with E-state index in [9.17, 15) is 0 Å². The number of aromatic nitrogens is 3. The quantitative estimate of drug-likeness (QED) is 0.517. The average molecular weight is 375 g/mol. The largest absolute Gasteiger partial charge is 0.493 e. The van der Waals surface area contributed by atoms with Crippen molar-refractivity contribution in [1.82, 2.24) is 14.8 Å². The van der Waals surface area contributed by atoms with Crippen molar-refractivity contribution in [3.05, 3.63) is 60.6 Å². The topological polar surface area (TPSA) is 58.4 Å². The number of hydrogen-bond donors (Lipinski definition) is 0. The zero-order valence-electron chi connectivity index (χ0n) is 16.3. The van der Waals surface area contributed by atoms with Crippen molar-refractivity contribution in [2.24, 2.45) is 0 Å². The van der Waals surface area contributed by atoms with E-state index in [2.05, 4.69) is 34.3 Å². The molecule has 6 heteroatoms. The Morgan fingerprint density at radius 3 is 2.11 bits per heavy atom. The minimum absolute atomic E-state index is 0.552. The summed E-state index contributed by atoms with van der Waals surface area (Å²) < 4.78 is 18.2. The number of rotatable bonds is 5. The molecule has 0 atom stereocenters. The first-order chi connectivity index (χ1) is 13.6. The molecule has 0 unspecified atom stereocenters. The van der Waals surface area contributed by atoms with Crippen molar-refractivity contribution in [3.63, 3.8) is 0 Å². The van der Waals surface area contributed by atoms with Gasteiger partial charge in [-0.15, -0.1) is 0 Å². The molecule has 0 aliphatic rings. The Labute approximate surface area is 163 Å². The molecule has 0 amide bonds. The van der Waals surface area contributed by atoms with E-state index in [4.69, 9.17) is 14.2 Å². The van der Waals surface area contributed by atoms with Crippen LogP contribution in [0.2, 0.25) is 0 Å². The summed E-state index contributed by atoms with van der Waals surface area (Å²) in [6.07, 6.45) is 3.73. The molecular weight excluding hydrogens is 354 g/mol. The lowest BCUT2D eigenvalue weighted by Gasteiger charge is -2.14. The second-order valence-electron chi connectivity index (χ2n) is 6.40. The van der Waals surface area contributed by atoms with Gasteiger partial charge in [0.1, 0.15) is 0 Å². The van der Waals surface area contributed by atoms with Crippen LogP contribution in [0.4, 0.5) is 0 Å². The monoisotopic (exact) mass is 375 g/mol. The zero-order chi connectivity index (χ0) is 19.7. The summed E-state index contributed by atoms with van der Waals surface area (Å²) in [5, 5.41) is 5.61. The molecule has 0 bridgehead atoms. The summed E-state index contributed by atoms with van der Waals surface area (Å²) in [6.45, 7) is 1.98. The number of nitrogens with zero attached hydrogens (tertiary/aromatic N) is 3. The third-order valence-electron chi connectivity index (χ3n) is 4.71. The maximum atomic E-state index is 5.48. The fraction of sp³-hybridized carbons (Fsp3) is 0.182. The van der Waals surface area contributed by atoms with E-state index in [1.807, 2.05) is 42.2 Å². The molecular formula is C22H21N3O3. The number of fused-ring (bicyclic) bond motifs is 1. The van der Waals surface area contributed by atoms with Crippen LogP contribution in [-0.4, -0.2) is 36.1 Å². The Balaban J connectivity index is 1.87. The Morgan fingerprint density at radius 1 is 0.786 bits per heavy atom. The highest BCUT2D eigenvalue weighted by Gasteiger charge is 2.16. The molecule has 0 saturated heterocycles. The van der Waals surface area contributed by atoms with Gasteiger partial charge >= 0.3 is 0 Å². The van der Waals surface area contributed by atoms with E-state index < -0.39 is 0 Å². The van der Waals surface area contributed by atoms with Crippen molar-refractivity contribution in [3.8, 4) is 34.1 Å². The van der Waals surface area contributed by atoms with E-state index >= 15 is 0 Å². The van der Waals surface area contributed by atoms with Gasteiger partial charge in [0, 0.05) is 35.0 Å². The van der Waals surface area contributed by atoms with Crippen molar-refractivity contribution in [2.45, 2.75) is 6.92 Å². The molecule has 2 heterocycles. The first kappa shape index (κ1) is 17.9. The number of aryl methyl sites for hydroxylation is 1. The third kappa shape index (κ3) is 3.03. The average Bonchev–Trinajstić information content (AvgIpc) is 3.16. The van der Waals surface area contributed by atoms with Crippen LogP contribution in [0.15, 0.2) is 54.9 Å². The molecule has 28 heavy (non-hydrogen) atoms. The number of hydrogen-bond acceptors (Lipinski definition) is 5. The zero-order valence-corrected chi connectivity index (χ0v) is 16.3. The predicted molar refractivity (Wildman–Crippen MR) is 109 cm³/mol. The van der Waals surface area contributed by atoms with Crippen molar-refractivity contribution in [2.75, 3.05) is 21.3 Å². The van der Waals surface area contributed by atoms with Gasteiger partial charge in [0.25, 0.3) is 0 Å². The minimum Gasteiger partial charge on any atom is -0.493 e. The van der Waals surface area contributed by atoms with E-state index in [1.54, 1.807) is 21.3 Å². The number of methoxy groups -OCH3 is 3. The van der Waals surface area contributed by atoms with Crippen LogP contribution in [0, 0.1) is 6.92 Å². The Bertz CT molecular complexity index is 1110. The van der Waals surface area contributed by atoms with Gasteiger partial charge in [0.05, 0.1) is 38.7 Å². The summed E-state index contributed by atoms with van der Waals surface area (Å²) in [6, 6.07) is 14.1.